The number of nitriles is 12. The van der Waals surface area contributed by atoms with E-state index in [0.717, 1.165) is 117 Å². The second kappa shape index (κ2) is 61.9. The largest absolute Gasteiger partial charge is 0.198 e. The van der Waals surface area contributed by atoms with Gasteiger partial charge in [-0.3, -0.25) is 0 Å². The predicted octanol–water partition coefficient (Wildman–Crippen LogP) is 18.1. The maximum atomic E-state index is 8.98. The average molecular weight is 1280 g/mol. The summed E-state index contributed by atoms with van der Waals surface area (Å²) in [5, 5.41) is 108. The fourth-order valence-corrected chi connectivity index (χ4v) is 29.5. The van der Waals surface area contributed by atoms with Gasteiger partial charge in [0.05, 0.1) is 72.8 Å². The van der Waals surface area contributed by atoms with Gasteiger partial charge in [0.15, 0.2) is 0 Å². The van der Waals surface area contributed by atoms with Crippen molar-refractivity contribution in [3.05, 3.63) is 35.9 Å². The lowest BCUT2D eigenvalue weighted by Gasteiger charge is -2.42. The predicted molar refractivity (Wildman–Crippen MR) is 366 cm³/mol. The Morgan fingerprint density at radius 1 is 0.333 bits per heavy atom. The molecule has 0 radical (unpaired) electrons. The zero-order valence-corrected chi connectivity index (χ0v) is 58.2. The minimum Gasteiger partial charge on any atom is -0.198 e. The molecule has 0 saturated heterocycles. The van der Waals surface area contributed by atoms with E-state index < -0.39 is 15.8 Å². The van der Waals surface area contributed by atoms with Gasteiger partial charge in [0.2, 0.25) is 0 Å². The van der Waals surface area contributed by atoms with Crippen molar-refractivity contribution in [2.24, 2.45) is 0 Å². The van der Waals surface area contributed by atoms with Gasteiger partial charge < -0.3 is 0 Å². The molecule has 0 aliphatic heterocycles. The third-order valence-electron chi connectivity index (χ3n) is 13.1. The minimum atomic E-state index is -0.503. The smallest absolute Gasteiger partial charge is 0.0625 e. The van der Waals surface area contributed by atoms with Gasteiger partial charge in [0.1, 0.15) is 0 Å². The van der Waals surface area contributed by atoms with Crippen molar-refractivity contribution < 1.29 is 0 Å². The molecular weight excluding hydrogens is 1180 g/mol. The first-order valence-electron chi connectivity index (χ1n) is 29.8. The highest BCUT2D eigenvalue weighted by Crippen LogP contribution is 2.59. The summed E-state index contributed by atoms with van der Waals surface area (Å²) in [6.45, 7) is 8.76. The van der Waals surface area contributed by atoms with Crippen LogP contribution in [0.2, 0.25) is 0 Å². The Labute approximate surface area is 520 Å². The molecule has 2 rings (SSSR count). The molecule has 0 amide bonds. The van der Waals surface area contributed by atoms with E-state index in [1.807, 2.05) is 0 Å². The van der Waals surface area contributed by atoms with E-state index in [1.54, 1.807) is 0 Å². The summed E-state index contributed by atoms with van der Waals surface area (Å²) in [5.41, 5.74) is 8.20. The number of rotatable bonds is 38. The van der Waals surface area contributed by atoms with Crippen LogP contribution in [0.25, 0.3) is 0 Å². The zero-order chi connectivity index (χ0) is 62.5. The van der Waals surface area contributed by atoms with E-state index >= 15 is 0 Å². The second-order valence-corrected chi connectivity index (χ2v) is 38.9. The van der Waals surface area contributed by atoms with E-state index in [2.05, 4.69) is 148 Å². The van der Waals surface area contributed by atoms with E-state index in [0.29, 0.717) is 77.0 Å². The van der Waals surface area contributed by atoms with E-state index in [4.69, 9.17) is 63.1 Å². The Hall–Kier alpha value is -4.16. The number of hydrogen-bond donors (Lipinski definition) is 0. The highest BCUT2D eigenvalue weighted by Gasteiger charge is 2.35. The van der Waals surface area contributed by atoms with E-state index in [1.165, 1.54) is 55.0 Å². The third-order valence-corrected chi connectivity index (χ3v) is 34.5. The van der Waals surface area contributed by atoms with Crippen molar-refractivity contribution in [1.82, 2.24) is 0 Å². The fourth-order valence-electron chi connectivity index (χ4n) is 9.22. The van der Waals surface area contributed by atoms with Crippen LogP contribution in [0, 0.1) is 147 Å². The van der Waals surface area contributed by atoms with Gasteiger partial charge in [0.25, 0.3) is 0 Å². The molecule has 84 heavy (non-hydrogen) atoms. The molecule has 0 spiro atoms. The molecule has 0 heterocycles. The van der Waals surface area contributed by atoms with E-state index in [9.17, 15) is 0 Å². The van der Waals surface area contributed by atoms with Crippen LogP contribution in [0.5, 0.6) is 0 Å². The second-order valence-electron chi connectivity index (χ2n) is 19.4. The molecule has 20 heteroatoms. The van der Waals surface area contributed by atoms with Gasteiger partial charge in [-0.2, -0.15) is 63.1 Å². The highest BCUT2D eigenvalue weighted by atomic mass is 31.1. The average Bonchev–Trinajstić information content (AvgIpc) is 3.61. The van der Waals surface area contributed by atoms with Crippen LogP contribution < -0.4 is 10.6 Å². The Morgan fingerprint density at radius 2 is 0.607 bits per heavy atom. The van der Waals surface area contributed by atoms with Crippen LogP contribution in [-0.4, -0.2) is 110 Å². The van der Waals surface area contributed by atoms with Crippen LogP contribution in [0.1, 0.15) is 156 Å². The molecule has 1 aliphatic carbocycles. The maximum Gasteiger partial charge on any atom is 0.0625 e. The summed E-state index contributed by atoms with van der Waals surface area (Å²) in [4.78, 5) is 0. The van der Waals surface area contributed by atoms with Gasteiger partial charge in [-0.25, -0.2) is 0 Å². The van der Waals surface area contributed by atoms with Crippen LogP contribution >= 0.6 is 63.4 Å². The standard InChI is InChI=1S/C18H29N3P2.C18H23N3P2.C14H21N3P2.C14H19N3P2/c2*1-2-13-22(14-5-10-19)17-8-3-4-9-18(17)23(15-6-11-20)16-7-12-21;2*1-2-9-18(10-3-6-15)13-14-19(11-4-7-16)12-5-8-17/h17-18H,2-9,13-16H2,1H3;3-4,8-9H,2,5-7,13-16H2,1H3;13-14H,2-5,9-12H2,1H3;2-5,9-12H2,1H3/b;;14-13+;. The minimum absolute atomic E-state index is 0.0587. The van der Waals surface area contributed by atoms with Gasteiger partial charge in [-0.05, 0) is 149 Å². The SMILES string of the molecule is CCCP(/C=C/P(CCC#N)CCC#N)CCC#N.CCCP(C#CP(CCC#N)CCC#N)CCC#N.CCCP(CCC#N)C1CCCCC1P(CCC#N)CCC#N.CCCP(CCC#N)c1ccccc1P(CCC#N)CCC#N. The number of benzene rings is 1. The lowest BCUT2D eigenvalue weighted by Crippen LogP contribution is -2.30. The molecule has 1 fully saturated rings. The van der Waals surface area contributed by atoms with Crippen LogP contribution in [0.15, 0.2) is 35.9 Å². The Morgan fingerprint density at radius 3 is 0.940 bits per heavy atom. The fraction of sp³-hybridized carbons (Fsp3) is 0.656. The lowest BCUT2D eigenvalue weighted by atomic mass is 9.99. The first kappa shape index (κ1) is 81.9. The number of nitrogens with zero attached hydrogens (tertiary/aromatic N) is 12. The molecule has 1 aromatic rings. The maximum absolute atomic E-state index is 8.98. The zero-order valence-electron chi connectivity index (χ0n) is 51.0. The molecule has 0 aromatic heterocycles. The monoisotopic (exact) mass is 1280 g/mol. The molecular formula is C64H92N12P8. The molecule has 1 saturated carbocycles. The summed E-state index contributed by atoms with van der Waals surface area (Å²) in [6.07, 6.45) is 32.8. The Balaban J connectivity index is 0. The molecule has 6 atom stereocenters. The summed E-state index contributed by atoms with van der Waals surface area (Å²) in [5.74, 6) is 4.54. The molecule has 0 bridgehead atoms. The summed E-state index contributed by atoms with van der Waals surface area (Å²) in [7, 11) is -2.40. The quantitative estimate of drug-likeness (QED) is 0.0441. The lowest BCUT2D eigenvalue weighted by molar-refractivity contribution is 0.515. The third kappa shape index (κ3) is 42.6. The van der Waals surface area contributed by atoms with Crippen LogP contribution in [-0.2, 0) is 0 Å². The molecule has 1 aromatic carbocycles. The normalized spacial score (nSPS) is 14.3. The van der Waals surface area contributed by atoms with Crippen molar-refractivity contribution in [3.63, 3.8) is 0 Å². The topological polar surface area (TPSA) is 285 Å². The van der Waals surface area contributed by atoms with Gasteiger partial charge in [-0.15, -0.1) is 15.8 Å². The molecule has 12 nitrogen and oxygen atoms in total. The Bertz CT molecular complexity index is 2450. The number of hydrogen-bond acceptors (Lipinski definition) is 12. The van der Waals surface area contributed by atoms with Crippen molar-refractivity contribution in [2.75, 3.05) is 98.6 Å². The summed E-state index contributed by atoms with van der Waals surface area (Å²) in [6, 6.07) is 35.4. The highest BCUT2D eigenvalue weighted by molar-refractivity contribution is 7.72. The molecule has 0 N–H and O–H groups in total. The van der Waals surface area contributed by atoms with Crippen molar-refractivity contribution in [1.29, 1.82) is 63.1 Å². The van der Waals surface area contributed by atoms with E-state index in [-0.39, 0.29) is 47.5 Å². The summed E-state index contributed by atoms with van der Waals surface area (Å²) < 4.78 is 0. The first-order chi connectivity index (χ1) is 41.1. The molecule has 1 aliphatic rings. The van der Waals surface area contributed by atoms with Crippen molar-refractivity contribution in [3.8, 4) is 84.2 Å². The van der Waals surface area contributed by atoms with Crippen molar-refractivity contribution >= 4 is 74.0 Å². The Kier molecular flexibility index (Phi) is 60.4. The summed E-state index contributed by atoms with van der Waals surface area (Å²) >= 11 is 0. The molecule has 6 unspecified atom stereocenters. The van der Waals surface area contributed by atoms with Crippen molar-refractivity contribution in [2.45, 2.75) is 167 Å². The first-order valence-corrected chi connectivity index (χ1v) is 43.8. The van der Waals surface area contributed by atoms with Crippen LogP contribution in [0.3, 0.4) is 0 Å². The van der Waals surface area contributed by atoms with Crippen LogP contribution in [0.4, 0.5) is 0 Å². The van der Waals surface area contributed by atoms with Gasteiger partial charge in [-0.1, -0.05) is 145 Å². The van der Waals surface area contributed by atoms with Gasteiger partial charge >= 0.3 is 0 Å². The molecule has 448 valence electrons. The van der Waals surface area contributed by atoms with Gasteiger partial charge in [0, 0.05) is 77.0 Å².